The zero-order valence-corrected chi connectivity index (χ0v) is 12.4. The molecule has 106 valence electrons. The predicted molar refractivity (Wildman–Crippen MR) is 76.1 cm³/mol. The molecule has 0 bridgehead atoms. The van der Waals surface area contributed by atoms with Gasteiger partial charge in [-0.05, 0) is 26.7 Å². The van der Waals surface area contributed by atoms with Crippen molar-refractivity contribution in [2.45, 2.75) is 63.2 Å². The smallest absolute Gasteiger partial charge is 0.230 e. The summed E-state index contributed by atoms with van der Waals surface area (Å²) in [6.07, 6.45) is 7.74. The molecular weight excluding hydrogens is 260 g/mol. The number of thioether (sulfide) groups is 1. The average molecular weight is 282 g/mol. The van der Waals surface area contributed by atoms with Gasteiger partial charge in [0.2, 0.25) is 5.91 Å². The van der Waals surface area contributed by atoms with Gasteiger partial charge in [0.25, 0.3) is 0 Å². The van der Waals surface area contributed by atoms with E-state index in [4.69, 9.17) is 0 Å². The van der Waals surface area contributed by atoms with Crippen LogP contribution in [0.3, 0.4) is 0 Å². The van der Waals surface area contributed by atoms with Gasteiger partial charge in [-0.15, -0.1) is 10.2 Å². The summed E-state index contributed by atoms with van der Waals surface area (Å²) >= 11 is 1.46. The molecule has 1 saturated carbocycles. The maximum atomic E-state index is 11.9. The first kappa shape index (κ1) is 14.4. The van der Waals surface area contributed by atoms with Crippen LogP contribution in [0, 0.1) is 0 Å². The minimum absolute atomic E-state index is 0.107. The summed E-state index contributed by atoms with van der Waals surface area (Å²) in [6, 6.07) is 0.698. The first-order valence-corrected chi connectivity index (χ1v) is 7.97. The second-order valence-electron chi connectivity index (χ2n) is 5.31. The van der Waals surface area contributed by atoms with Gasteiger partial charge >= 0.3 is 0 Å². The Hall–Kier alpha value is -1.04. The van der Waals surface area contributed by atoms with E-state index in [0.29, 0.717) is 17.8 Å². The van der Waals surface area contributed by atoms with E-state index in [1.807, 2.05) is 4.57 Å². The van der Waals surface area contributed by atoms with E-state index in [1.54, 1.807) is 6.33 Å². The molecule has 1 aliphatic carbocycles. The Bertz CT molecular complexity index is 413. The Morgan fingerprint density at radius 2 is 2.21 bits per heavy atom. The van der Waals surface area contributed by atoms with Crippen LogP contribution >= 0.6 is 11.8 Å². The molecule has 1 aromatic rings. The van der Waals surface area contributed by atoms with Gasteiger partial charge in [-0.2, -0.15) is 0 Å². The van der Waals surface area contributed by atoms with Gasteiger partial charge in [-0.3, -0.25) is 4.79 Å². The fourth-order valence-corrected chi connectivity index (χ4v) is 3.19. The van der Waals surface area contributed by atoms with Crippen LogP contribution in [-0.4, -0.2) is 32.5 Å². The summed E-state index contributed by atoms with van der Waals surface area (Å²) in [6.45, 7) is 4.16. The number of hydrogen-bond donors (Lipinski definition) is 1. The summed E-state index contributed by atoms with van der Waals surface area (Å²) in [7, 11) is 0. The minimum atomic E-state index is 0.107. The predicted octanol–water partition coefficient (Wildman–Crippen LogP) is 2.40. The molecule has 0 aliphatic heterocycles. The molecule has 0 spiro atoms. The lowest BCUT2D eigenvalue weighted by atomic mass is 9.95. The molecule has 0 atom stereocenters. The summed E-state index contributed by atoms with van der Waals surface area (Å²) in [5, 5.41) is 11.9. The first-order chi connectivity index (χ1) is 9.16. The molecule has 1 aliphatic rings. The maximum Gasteiger partial charge on any atom is 0.230 e. The fraction of sp³-hybridized carbons (Fsp3) is 0.769. The van der Waals surface area contributed by atoms with Crippen molar-refractivity contribution >= 4 is 17.7 Å². The molecule has 19 heavy (non-hydrogen) atoms. The van der Waals surface area contributed by atoms with Crippen LogP contribution in [0.4, 0.5) is 0 Å². The summed E-state index contributed by atoms with van der Waals surface area (Å²) in [4.78, 5) is 11.9. The number of aromatic nitrogens is 3. The van der Waals surface area contributed by atoms with Crippen molar-refractivity contribution in [3.63, 3.8) is 0 Å². The van der Waals surface area contributed by atoms with Crippen molar-refractivity contribution < 1.29 is 4.79 Å². The highest BCUT2D eigenvalue weighted by Crippen LogP contribution is 2.20. The largest absolute Gasteiger partial charge is 0.353 e. The van der Waals surface area contributed by atoms with Crippen molar-refractivity contribution in [1.82, 2.24) is 20.1 Å². The maximum absolute atomic E-state index is 11.9. The molecule has 6 heteroatoms. The molecule has 1 aromatic heterocycles. The highest BCUT2D eigenvalue weighted by atomic mass is 32.2. The van der Waals surface area contributed by atoms with Gasteiger partial charge in [-0.25, -0.2) is 0 Å². The third-order valence-corrected chi connectivity index (χ3v) is 4.36. The molecule has 2 rings (SSSR count). The summed E-state index contributed by atoms with van der Waals surface area (Å²) < 4.78 is 1.98. The van der Waals surface area contributed by atoms with Crippen molar-refractivity contribution in [2.24, 2.45) is 0 Å². The SMILES string of the molecule is CC(C)n1cnnc1SCC(=O)NC1CCCCC1. The quantitative estimate of drug-likeness (QED) is 0.842. The molecule has 1 fully saturated rings. The lowest BCUT2D eigenvalue weighted by Crippen LogP contribution is -2.37. The Morgan fingerprint density at radius 3 is 2.89 bits per heavy atom. The lowest BCUT2D eigenvalue weighted by Gasteiger charge is -2.22. The zero-order valence-electron chi connectivity index (χ0n) is 11.6. The van der Waals surface area contributed by atoms with Crippen molar-refractivity contribution in [3.05, 3.63) is 6.33 Å². The Balaban J connectivity index is 1.78. The minimum Gasteiger partial charge on any atom is -0.353 e. The van der Waals surface area contributed by atoms with E-state index < -0.39 is 0 Å². The zero-order chi connectivity index (χ0) is 13.7. The van der Waals surface area contributed by atoms with Crippen LogP contribution in [-0.2, 0) is 4.79 Å². The Kier molecular flexibility index (Phi) is 5.24. The van der Waals surface area contributed by atoms with E-state index in [9.17, 15) is 4.79 Å². The summed E-state index contributed by atoms with van der Waals surface area (Å²) in [5.41, 5.74) is 0. The number of carbonyl (C=O) groups is 1. The third kappa shape index (κ3) is 4.23. The highest BCUT2D eigenvalue weighted by Gasteiger charge is 2.16. The van der Waals surface area contributed by atoms with Crippen LogP contribution in [0.5, 0.6) is 0 Å². The van der Waals surface area contributed by atoms with Crippen LogP contribution < -0.4 is 5.32 Å². The number of rotatable bonds is 5. The molecule has 0 radical (unpaired) electrons. The lowest BCUT2D eigenvalue weighted by molar-refractivity contribution is -0.119. The molecule has 0 unspecified atom stereocenters. The number of hydrogen-bond acceptors (Lipinski definition) is 4. The van der Waals surface area contributed by atoms with Crippen LogP contribution in [0.1, 0.15) is 52.0 Å². The van der Waals surface area contributed by atoms with Crippen molar-refractivity contribution in [3.8, 4) is 0 Å². The number of amides is 1. The van der Waals surface area contributed by atoms with E-state index >= 15 is 0 Å². The fourth-order valence-electron chi connectivity index (χ4n) is 2.34. The molecule has 0 aromatic carbocycles. The van der Waals surface area contributed by atoms with Crippen molar-refractivity contribution in [2.75, 3.05) is 5.75 Å². The molecular formula is C13H22N4OS. The molecule has 1 heterocycles. The second kappa shape index (κ2) is 6.93. The van der Waals surface area contributed by atoms with Crippen LogP contribution in [0.15, 0.2) is 11.5 Å². The van der Waals surface area contributed by atoms with Gasteiger partial charge in [0.05, 0.1) is 5.75 Å². The first-order valence-electron chi connectivity index (χ1n) is 6.98. The normalized spacial score (nSPS) is 16.8. The summed E-state index contributed by atoms with van der Waals surface area (Å²) in [5.74, 6) is 0.525. The van der Waals surface area contributed by atoms with E-state index in [0.717, 1.165) is 18.0 Å². The van der Waals surface area contributed by atoms with Gasteiger partial charge in [0.1, 0.15) is 6.33 Å². The molecule has 0 saturated heterocycles. The van der Waals surface area contributed by atoms with Crippen LogP contribution in [0.2, 0.25) is 0 Å². The van der Waals surface area contributed by atoms with E-state index in [2.05, 4.69) is 29.4 Å². The van der Waals surface area contributed by atoms with Gasteiger partial charge in [0.15, 0.2) is 5.16 Å². The molecule has 1 N–H and O–H groups in total. The molecule has 5 nitrogen and oxygen atoms in total. The van der Waals surface area contributed by atoms with Gasteiger partial charge in [-0.1, -0.05) is 31.0 Å². The second-order valence-corrected chi connectivity index (χ2v) is 6.25. The number of carbonyl (C=O) groups excluding carboxylic acids is 1. The monoisotopic (exact) mass is 282 g/mol. The van der Waals surface area contributed by atoms with Crippen molar-refractivity contribution in [1.29, 1.82) is 0 Å². The highest BCUT2D eigenvalue weighted by molar-refractivity contribution is 7.99. The third-order valence-electron chi connectivity index (χ3n) is 3.40. The number of nitrogens with one attached hydrogen (secondary N) is 1. The Morgan fingerprint density at radius 1 is 1.47 bits per heavy atom. The van der Waals surface area contributed by atoms with E-state index in [-0.39, 0.29) is 5.91 Å². The van der Waals surface area contributed by atoms with Gasteiger partial charge < -0.3 is 9.88 Å². The average Bonchev–Trinajstić information content (AvgIpc) is 2.86. The Labute approximate surface area is 118 Å². The number of nitrogens with zero attached hydrogens (tertiary/aromatic N) is 3. The van der Waals surface area contributed by atoms with E-state index in [1.165, 1.54) is 31.0 Å². The van der Waals surface area contributed by atoms with Gasteiger partial charge in [0, 0.05) is 12.1 Å². The van der Waals surface area contributed by atoms with Crippen LogP contribution in [0.25, 0.3) is 0 Å². The topological polar surface area (TPSA) is 59.8 Å². The standard InChI is InChI=1S/C13H22N4OS/c1-10(2)17-9-14-16-13(17)19-8-12(18)15-11-6-4-3-5-7-11/h9-11H,3-8H2,1-2H3,(H,15,18). The molecule has 1 amide bonds.